The Morgan fingerprint density at radius 3 is 2.41 bits per heavy atom. The second-order valence-corrected chi connectivity index (χ2v) is 18.3. The molecular weight excluding hydrogens is 761 g/mol. The van der Waals surface area contributed by atoms with Crippen LogP contribution < -0.4 is 14.8 Å². The minimum absolute atomic E-state index is 0.0705. The van der Waals surface area contributed by atoms with E-state index in [1.165, 1.54) is 12.1 Å². The minimum Gasteiger partial charge on any atom is -0.744 e. The molecule has 13 nitrogen and oxygen atoms in total. The van der Waals surface area contributed by atoms with Crippen molar-refractivity contribution in [1.82, 2.24) is 4.58 Å². The number of hydrogen-bond donors (Lipinski definition) is 2. The van der Waals surface area contributed by atoms with Gasteiger partial charge in [0.25, 0.3) is 10.1 Å². The topological polar surface area (TPSA) is 187 Å². The van der Waals surface area contributed by atoms with Gasteiger partial charge in [0.1, 0.15) is 34.7 Å². The molecule has 4 rings (SSSR count). The number of carbonyl (C=O) groups is 1. The number of benzene rings is 2. The minimum atomic E-state index is -4.74. The van der Waals surface area contributed by atoms with Gasteiger partial charge in [0.2, 0.25) is 5.36 Å². The van der Waals surface area contributed by atoms with Crippen molar-refractivity contribution in [2.75, 3.05) is 57.2 Å². The Bertz CT molecular complexity index is 2170. The summed E-state index contributed by atoms with van der Waals surface area (Å²) in [5.41, 5.74) is 3.31. The van der Waals surface area contributed by atoms with Gasteiger partial charge in [-0.1, -0.05) is 33.3 Å². The van der Waals surface area contributed by atoms with Crippen molar-refractivity contribution in [1.29, 1.82) is 0 Å². The second-order valence-electron chi connectivity index (χ2n) is 15.3. The van der Waals surface area contributed by atoms with Crippen LogP contribution in [0, 0.1) is 0 Å². The number of ether oxygens (including phenoxy) is 2. The first-order valence-corrected chi connectivity index (χ1v) is 22.0. The SMILES string of the molecule is CC[N+](CCCS(=O)(=O)O)=c1ccc2c(C(C)(C)C)cc(/C=C/C=C3/N(CCCCCC(=O)O)c4ccc(S(=O)(=O)[O-])cc4C3(C)CCOCCOC)oc-2c1. The van der Waals surface area contributed by atoms with E-state index in [0.29, 0.717) is 82.2 Å². The van der Waals surface area contributed by atoms with Crippen LogP contribution >= 0.6 is 0 Å². The van der Waals surface area contributed by atoms with Crippen LogP contribution in [0.5, 0.6) is 0 Å². The fourth-order valence-electron chi connectivity index (χ4n) is 7.17. The number of allylic oxidation sites excluding steroid dienone is 3. The number of anilines is 1. The highest BCUT2D eigenvalue weighted by Crippen LogP contribution is 2.51. The molecule has 0 aromatic heterocycles. The summed E-state index contributed by atoms with van der Waals surface area (Å²) in [6.07, 6.45) is 8.41. The van der Waals surface area contributed by atoms with Gasteiger partial charge in [-0.2, -0.15) is 8.42 Å². The lowest BCUT2D eigenvalue weighted by molar-refractivity contribution is -0.137. The van der Waals surface area contributed by atoms with Crippen LogP contribution in [0.15, 0.2) is 69.6 Å². The highest BCUT2D eigenvalue weighted by atomic mass is 32.2. The number of rotatable bonds is 20. The quantitative estimate of drug-likeness (QED) is 0.0768. The van der Waals surface area contributed by atoms with E-state index in [2.05, 4.69) is 25.7 Å². The third-order valence-corrected chi connectivity index (χ3v) is 11.8. The van der Waals surface area contributed by atoms with E-state index >= 15 is 0 Å². The summed E-state index contributed by atoms with van der Waals surface area (Å²) in [5.74, 6) is 0.0616. The molecule has 15 heteroatoms. The molecule has 3 aliphatic rings. The number of methoxy groups -OCH3 is 1. The van der Waals surface area contributed by atoms with E-state index in [1.54, 1.807) is 13.2 Å². The molecule has 1 unspecified atom stereocenters. The molecule has 0 amide bonds. The first kappa shape index (κ1) is 44.8. The van der Waals surface area contributed by atoms with Crippen LogP contribution in [0.1, 0.15) is 90.0 Å². The number of hydrogen-bond acceptors (Lipinski definition) is 10. The molecule has 308 valence electrons. The van der Waals surface area contributed by atoms with Gasteiger partial charge in [-0.3, -0.25) is 9.35 Å². The Balaban J connectivity index is 1.82. The van der Waals surface area contributed by atoms with Crippen LogP contribution in [-0.4, -0.2) is 89.3 Å². The molecule has 2 aliphatic heterocycles. The normalized spacial score (nSPS) is 17.6. The summed E-state index contributed by atoms with van der Waals surface area (Å²) < 4.78 is 88.0. The summed E-state index contributed by atoms with van der Waals surface area (Å²) in [6, 6.07) is 12.4. The van der Waals surface area contributed by atoms with Gasteiger partial charge in [-0.25, -0.2) is 13.0 Å². The molecule has 2 heterocycles. The lowest BCUT2D eigenvalue weighted by Crippen LogP contribution is -2.31. The largest absolute Gasteiger partial charge is 0.744 e. The molecule has 0 fully saturated rings. The molecule has 1 atom stereocenters. The Labute approximate surface area is 331 Å². The first-order valence-electron chi connectivity index (χ1n) is 19.0. The van der Waals surface area contributed by atoms with Crippen molar-refractivity contribution in [3.63, 3.8) is 0 Å². The Hall–Kier alpha value is -3.86. The van der Waals surface area contributed by atoms with Crippen LogP contribution in [0.3, 0.4) is 0 Å². The lowest BCUT2D eigenvalue weighted by Gasteiger charge is -2.30. The molecule has 1 aromatic carbocycles. The average Bonchev–Trinajstić information content (AvgIpc) is 3.34. The summed E-state index contributed by atoms with van der Waals surface area (Å²) in [7, 11) is -7.22. The van der Waals surface area contributed by atoms with Gasteiger partial charge in [0, 0.05) is 61.5 Å². The fraction of sp³-hybridized carbons (Fsp3) is 0.512. The van der Waals surface area contributed by atoms with Crippen molar-refractivity contribution in [3.05, 3.63) is 82.6 Å². The highest BCUT2D eigenvalue weighted by molar-refractivity contribution is 7.86. The maximum absolute atomic E-state index is 12.2. The number of carboxylic acids is 1. The molecule has 0 spiro atoms. The summed E-state index contributed by atoms with van der Waals surface area (Å²) in [6.45, 7) is 13.1. The predicted octanol–water partition coefficient (Wildman–Crippen LogP) is 6.03. The smallest absolute Gasteiger partial charge is 0.303 e. The molecule has 0 radical (unpaired) electrons. The Morgan fingerprint density at radius 1 is 1.02 bits per heavy atom. The first-order chi connectivity index (χ1) is 26.3. The third kappa shape index (κ3) is 11.8. The van der Waals surface area contributed by atoms with Crippen LogP contribution in [-0.2, 0) is 45.3 Å². The monoisotopic (exact) mass is 816 g/mol. The van der Waals surface area contributed by atoms with E-state index in [9.17, 15) is 30.7 Å². The Kier molecular flexibility index (Phi) is 15.3. The summed E-state index contributed by atoms with van der Waals surface area (Å²) in [4.78, 5) is 13.0. The van der Waals surface area contributed by atoms with E-state index in [4.69, 9.17) is 19.0 Å². The Morgan fingerprint density at radius 2 is 1.77 bits per heavy atom. The zero-order valence-electron chi connectivity index (χ0n) is 33.2. The standard InChI is InChI=1S/C41H56N2O11S2/c1-7-42(21-12-26-55(46,47)48)30-16-18-33-34(40(2,3)4)28-31(54-37(33)27-30)13-11-14-38-41(5,20-23-53-25-24-52-6)35-29-32(56(49,50)51)17-19-36(35)43(38)22-10-8-9-15-39(44)45/h11,13-14,16-19,27-29H,7-10,12,15,20-26H2,1-6H3,(H2-,44,45,46,47,48,49,50,51). The summed E-state index contributed by atoms with van der Waals surface area (Å²) in [5, 5.41) is 10.0. The molecule has 2 N–H and O–H groups in total. The number of carboxylic acid groups (broad SMARTS) is 1. The van der Waals surface area contributed by atoms with Crippen LogP contribution in [0.2, 0.25) is 0 Å². The molecule has 0 saturated heterocycles. The molecule has 56 heavy (non-hydrogen) atoms. The van der Waals surface area contributed by atoms with E-state index in [-0.39, 0.29) is 28.9 Å². The average molecular weight is 817 g/mol. The van der Waals surface area contributed by atoms with E-state index in [0.717, 1.165) is 27.9 Å². The van der Waals surface area contributed by atoms with Gasteiger partial charge in [0.15, 0.2) is 0 Å². The summed E-state index contributed by atoms with van der Waals surface area (Å²) >= 11 is 0. The van der Waals surface area contributed by atoms with Crippen molar-refractivity contribution in [2.24, 2.45) is 0 Å². The lowest BCUT2D eigenvalue weighted by atomic mass is 9.78. The van der Waals surface area contributed by atoms with E-state index in [1.807, 2.05) is 60.9 Å². The van der Waals surface area contributed by atoms with Crippen molar-refractivity contribution >= 4 is 38.0 Å². The number of unbranched alkanes of at least 4 members (excludes halogenated alkanes) is 2. The van der Waals surface area contributed by atoms with Crippen molar-refractivity contribution < 1.29 is 49.7 Å². The third-order valence-electron chi connectivity index (χ3n) is 10.1. The van der Waals surface area contributed by atoms with Crippen molar-refractivity contribution in [3.8, 4) is 11.3 Å². The maximum atomic E-state index is 12.2. The zero-order chi connectivity index (χ0) is 41.3. The highest BCUT2D eigenvalue weighted by Gasteiger charge is 2.43. The van der Waals surface area contributed by atoms with Gasteiger partial charge in [0.05, 0.1) is 29.9 Å². The number of aliphatic carboxylic acids is 1. The maximum Gasteiger partial charge on any atom is 0.303 e. The van der Waals surface area contributed by atoms with Crippen LogP contribution in [0.4, 0.5) is 5.69 Å². The zero-order valence-corrected chi connectivity index (χ0v) is 34.9. The fourth-order valence-corrected chi connectivity index (χ4v) is 8.16. The van der Waals surface area contributed by atoms with Crippen LogP contribution in [0.25, 0.3) is 17.4 Å². The molecule has 1 aliphatic carbocycles. The number of fused-ring (bicyclic) bond motifs is 2. The molecular formula is C41H56N2O11S2. The van der Waals surface area contributed by atoms with Gasteiger partial charge in [-0.15, -0.1) is 0 Å². The number of nitrogens with zero attached hydrogens (tertiary/aromatic N) is 2. The van der Waals surface area contributed by atoms with Gasteiger partial charge < -0.3 is 28.5 Å². The van der Waals surface area contributed by atoms with Gasteiger partial charge >= 0.3 is 5.97 Å². The molecule has 0 bridgehead atoms. The molecule has 0 saturated carbocycles. The second kappa shape index (κ2) is 19.1. The van der Waals surface area contributed by atoms with E-state index < -0.39 is 31.6 Å². The predicted molar refractivity (Wildman–Crippen MR) is 215 cm³/mol. The van der Waals surface area contributed by atoms with Gasteiger partial charge in [-0.05, 0) is 92.1 Å². The molecule has 1 aromatic rings. The van der Waals surface area contributed by atoms with Crippen molar-refractivity contribution in [2.45, 2.75) is 88.9 Å².